The van der Waals surface area contributed by atoms with E-state index in [4.69, 9.17) is 6.57 Å². The fourth-order valence-corrected chi connectivity index (χ4v) is 11.5. The molecule has 9 heteroatoms. The molecule has 0 N–H and O–H groups in total. The van der Waals surface area contributed by atoms with Crippen molar-refractivity contribution in [1.29, 1.82) is 5.26 Å². The first kappa shape index (κ1) is 41.2. The smallest absolute Gasteiger partial charge is 0.309 e. The van der Waals surface area contributed by atoms with Crippen LogP contribution in [0.15, 0.2) is 212 Å². The van der Waals surface area contributed by atoms with Crippen LogP contribution in [0.5, 0.6) is 0 Å². The van der Waals surface area contributed by atoms with Gasteiger partial charge in [-0.1, -0.05) is 127 Å². The number of hydrogen-bond acceptors (Lipinski definition) is 1. The summed E-state index contributed by atoms with van der Waals surface area (Å²) in [5.41, 5.74) is 8.80. The zero-order chi connectivity index (χ0) is 48.4. The fraction of sp³-hybridized carbons (Fsp3) is 0.0159. The molecular weight excluding hydrogens is 898 g/mol. The molecule has 0 atom stereocenters. The Hall–Kier alpha value is -9.83. The highest BCUT2D eigenvalue weighted by Crippen LogP contribution is 2.48. The van der Waals surface area contributed by atoms with E-state index in [-0.39, 0.29) is 22.4 Å². The van der Waals surface area contributed by atoms with Gasteiger partial charge in [0.25, 0.3) is 0 Å². The second kappa shape index (κ2) is 15.3. The minimum absolute atomic E-state index is 0.157. The molecule has 6 nitrogen and oxygen atoms in total. The van der Waals surface area contributed by atoms with Crippen LogP contribution in [0, 0.1) is 17.9 Å². The van der Waals surface area contributed by atoms with Crippen molar-refractivity contribution in [3.8, 4) is 39.9 Å². The molecule has 0 bridgehead atoms. The number of rotatable bonds is 5. The van der Waals surface area contributed by atoms with Crippen LogP contribution in [-0.2, 0) is 6.18 Å². The number of nitrogens with zero attached hydrogens (tertiary/aromatic N) is 6. The van der Waals surface area contributed by atoms with Crippen molar-refractivity contribution >= 4 is 92.9 Å². The lowest BCUT2D eigenvalue weighted by Gasteiger charge is -2.22. The van der Waals surface area contributed by atoms with Gasteiger partial charge in [0, 0.05) is 60.0 Å². The summed E-state index contributed by atoms with van der Waals surface area (Å²) < 4.78 is 55.1. The van der Waals surface area contributed by atoms with E-state index >= 15 is 13.2 Å². The average molecular weight is 933 g/mol. The predicted octanol–water partition coefficient (Wildman–Crippen LogP) is 17.2. The predicted molar refractivity (Wildman–Crippen MR) is 285 cm³/mol. The largest absolute Gasteiger partial charge is 0.415 e. The molecule has 14 rings (SSSR count). The van der Waals surface area contributed by atoms with E-state index in [9.17, 15) is 5.26 Å². The highest BCUT2D eigenvalue weighted by atomic mass is 19.4. The molecule has 0 aliphatic rings. The normalized spacial score (nSPS) is 12.1. The van der Waals surface area contributed by atoms with E-state index < -0.39 is 11.7 Å². The molecule has 0 aliphatic carbocycles. The van der Waals surface area contributed by atoms with Crippen LogP contribution in [-0.4, -0.2) is 18.3 Å². The van der Waals surface area contributed by atoms with Crippen molar-refractivity contribution in [3.63, 3.8) is 0 Å². The molecule has 0 saturated carbocycles. The van der Waals surface area contributed by atoms with Gasteiger partial charge in [-0.25, -0.2) is 4.85 Å². The van der Waals surface area contributed by atoms with E-state index in [2.05, 4.69) is 86.8 Å². The van der Waals surface area contributed by atoms with Gasteiger partial charge in [-0.2, -0.15) is 18.4 Å². The van der Waals surface area contributed by atoms with Crippen LogP contribution in [0.3, 0.4) is 0 Å². The van der Waals surface area contributed by atoms with Gasteiger partial charge in [-0.3, -0.25) is 0 Å². The summed E-state index contributed by atoms with van der Waals surface area (Å²) in [7, 11) is 0. The Morgan fingerprint density at radius 2 is 0.764 bits per heavy atom. The Bertz CT molecular complexity index is 4610. The molecule has 0 fully saturated rings. The number of halogens is 3. The summed E-state index contributed by atoms with van der Waals surface area (Å²) in [5.74, 6) is 0. The SMILES string of the molecule is [C-]#[N+]c1cccc(C(F)(F)F)c1-c1cc(-n2c3ccccc3c3cc(-n4c5ccccc5c5ccccc54)ccc32)c(C#N)cc1-n1c2ccccc2c2cc(-n3c4ccccc4c4ccccc43)ccc21. The van der Waals surface area contributed by atoms with E-state index in [1.807, 2.05) is 124 Å². The average Bonchev–Trinajstić information content (AvgIpc) is 4.15. The summed E-state index contributed by atoms with van der Waals surface area (Å²) >= 11 is 0. The Morgan fingerprint density at radius 3 is 1.17 bits per heavy atom. The quantitative estimate of drug-likeness (QED) is 0.159. The summed E-state index contributed by atoms with van der Waals surface area (Å²) in [4.78, 5) is 3.73. The second-order valence-electron chi connectivity index (χ2n) is 18.2. The second-order valence-corrected chi connectivity index (χ2v) is 18.2. The number of para-hydroxylation sites is 6. The molecule has 14 aromatic rings. The van der Waals surface area contributed by atoms with Gasteiger partial charge >= 0.3 is 6.18 Å². The summed E-state index contributed by atoms with van der Waals surface area (Å²) in [6.07, 6.45) is -4.82. The van der Waals surface area contributed by atoms with Crippen LogP contribution >= 0.6 is 0 Å². The van der Waals surface area contributed by atoms with Gasteiger partial charge in [0.1, 0.15) is 6.07 Å². The van der Waals surface area contributed by atoms with Gasteiger partial charge in [-0.05, 0) is 90.5 Å². The van der Waals surface area contributed by atoms with Crippen LogP contribution in [0.25, 0.3) is 126 Å². The number of nitriles is 1. The lowest BCUT2D eigenvalue weighted by atomic mass is 9.93. The fourth-order valence-electron chi connectivity index (χ4n) is 11.5. The number of hydrogen-bond donors (Lipinski definition) is 0. The minimum atomic E-state index is -4.82. The lowest BCUT2D eigenvalue weighted by Crippen LogP contribution is -2.10. The molecule has 0 aliphatic heterocycles. The van der Waals surface area contributed by atoms with Crippen molar-refractivity contribution < 1.29 is 13.2 Å². The summed E-state index contributed by atoms with van der Waals surface area (Å²) in [6.45, 7) is 8.31. The van der Waals surface area contributed by atoms with Crippen molar-refractivity contribution in [1.82, 2.24) is 18.3 Å². The number of fused-ring (bicyclic) bond motifs is 12. The highest BCUT2D eigenvalue weighted by Gasteiger charge is 2.36. The van der Waals surface area contributed by atoms with Gasteiger partial charge in [-0.15, -0.1) is 0 Å². The zero-order valence-electron chi connectivity index (χ0n) is 38.0. The maximum Gasteiger partial charge on any atom is 0.415 e. The van der Waals surface area contributed by atoms with Crippen molar-refractivity contribution in [3.05, 3.63) is 235 Å². The van der Waals surface area contributed by atoms with Gasteiger partial charge in [0.05, 0.1) is 73.2 Å². The van der Waals surface area contributed by atoms with Crippen LogP contribution in [0.4, 0.5) is 18.9 Å². The summed E-state index contributed by atoms with van der Waals surface area (Å²) in [5, 5.41) is 19.4. The monoisotopic (exact) mass is 932 g/mol. The van der Waals surface area contributed by atoms with Gasteiger partial charge in [0.15, 0.2) is 5.69 Å². The molecule has 72 heavy (non-hydrogen) atoms. The Labute approximate surface area is 408 Å². The third kappa shape index (κ3) is 5.83. The Morgan fingerprint density at radius 1 is 0.389 bits per heavy atom. The number of benzene rings is 10. The lowest BCUT2D eigenvalue weighted by molar-refractivity contribution is -0.137. The highest BCUT2D eigenvalue weighted by molar-refractivity contribution is 6.15. The van der Waals surface area contributed by atoms with Gasteiger partial charge < -0.3 is 18.3 Å². The van der Waals surface area contributed by atoms with E-state index in [1.165, 1.54) is 12.1 Å². The van der Waals surface area contributed by atoms with Crippen LogP contribution < -0.4 is 0 Å². The van der Waals surface area contributed by atoms with Crippen LogP contribution in [0.2, 0.25) is 0 Å². The first-order valence-electron chi connectivity index (χ1n) is 23.5. The topological polar surface area (TPSA) is 47.9 Å². The minimum Gasteiger partial charge on any atom is -0.309 e. The van der Waals surface area contributed by atoms with Crippen molar-refractivity contribution in [2.24, 2.45) is 0 Å². The first-order chi connectivity index (χ1) is 35.3. The third-order valence-corrected chi connectivity index (χ3v) is 14.4. The number of alkyl halides is 3. The molecule has 0 radical (unpaired) electrons. The van der Waals surface area contributed by atoms with E-state index in [0.29, 0.717) is 11.4 Å². The maximum absolute atomic E-state index is 15.5. The summed E-state index contributed by atoms with van der Waals surface area (Å²) in [6, 6.07) is 71.0. The van der Waals surface area contributed by atoms with Crippen LogP contribution in [0.1, 0.15) is 11.1 Å². The van der Waals surface area contributed by atoms with E-state index in [1.54, 1.807) is 12.1 Å². The molecule has 4 aromatic heterocycles. The number of aromatic nitrogens is 4. The molecule has 0 amide bonds. The van der Waals surface area contributed by atoms with Crippen molar-refractivity contribution in [2.75, 3.05) is 0 Å². The molecule has 0 saturated heterocycles. The molecule has 10 aromatic carbocycles. The molecule has 0 spiro atoms. The Kier molecular flexibility index (Phi) is 8.77. The Balaban J connectivity index is 1.06. The van der Waals surface area contributed by atoms with Gasteiger partial charge in [0.2, 0.25) is 0 Å². The zero-order valence-corrected chi connectivity index (χ0v) is 38.0. The molecule has 4 heterocycles. The van der Waals surface area contributed by atoms with Crippen molar-refractivity contribution in [2.45, 2.75) is 6.18 Å². The molecule has 338 valence electrons. The van der Waals surface area contributed by atoms with E-state index in [0.717, 1.165) is 105 Å². The molecular formula is C63H35F3N6. The first-order valence-corrected chi connectivity index (χ1v) is 23.5. The maximum atomic E-state index is 15.5. The standard InChI is InChI=1S/C63H35F3N6/c1-68-51-22-14-21-50(63(64,65)66)62(51)49-36-60(71-56-27-12-6-19-45(56)47-34-39(29-31-58(47)71)69-52-23-8-2-15-41(52)42-16-3-9-24-53(42)69)38(37-67)33-61(49)72-57-28-13-7-20-46(57)48-35-40(30-32-59(48)72)70-54-25-10-4-17-43(54)44-18-5-11-26-55(44)70/h2-36H. The molecule has 0 unspecified atom stereocenters. The third-order valence-electron chi connectivity index (χ3n) is 14.4.